The van der Waals surface area contributed by atoms with Gasteiger partial charge in [-0.05, 0) is 18.1 Å². The third kappa shape index (κ3) is 3.33. The summed E-state index contributed by atoms with van der Waals surface area (Å²) in [6.45, 7) is 2.76. The molecule has 0 radical (unpaired) electrons. The quantitative estimate of drug-likeness (QED) is 0.508. The number of ether oxygens (including phenoxy) is 2. The van der Waals surface area contributed by atoms with Crippen LogP contribution in [0.5, 0.6) is 11.5 Å². The molecule has 0 N–H and O–H groups in total. The number of hydrogen-bond donors (Lipinski definition) is 0. The lowest BCUT2D eigenvalue weighted by molar-refractivity contribution is -0.140. The molecule has 27 heavy (non-hydrogen) atoms. The summed E-state index contributed by atoms with van der Waals surface area (Å²) in [6, 6.07) is 15.9. The van der Waals surface area contributed by atoms with Crippen molar-refractivity contribution < 1.29 is 14.3 Å². The minimum Gasteiger partial charge on any atom is -0.497 e. The Bertz CT molecular complexity index is 949. The average Bonchev–Trinajstić information content (AvgIpc) is 3.15. The molecule has 5 heteroatoms. The Morgan fingerprint density at radius 2 is 2.00 bits per heavy atom. The molecule has 0 amide bonds. The molecule has 2 unspecified atom stereocenters. The van der Waals surface area contributed by atoms with E-state index in [2.05, 4.69) is 21.7 Å². The molecule has 1 aliphatic rings. The van der Waals surface area contributed by atoms with Gasteiger partial charge in [0.15, 0.2) is 0 Å². The Balaban J connectivity index is 1.70. The Kier molecular flexibility index (Phi) is 4.67. The second kappa shape index (κ2) is 7.27. The molecule has 4 rings (SSSR count). The lowest BCUT2D eigenvalue weighted by Gasteiger charge is -2.30. The van der Waals surface area contributed by atoms with Crippen molar-refractivity contribution in [2.24, 2.45) is 5.92 Å². The van der Waals surface area contributed by atoms with Gasteiger partial charge in [-0.2, -0.15) is 0 Å². The molecule has 0 saturated carbocycles. The maximum Gasteiger partial charge on any atom is 0.315 e. The summed E-state index contributed by atoms with van der Waals surface area (Å²) in [5.74, 6) is 0.664. The minimum absolute atomic E-state index is 0.117. The molecular weight excluding hydrogens is 340 g/mol. The molecule has 0 fully saturated rings. The number of aromatic nitrogens is 2. The Morgan fingerprint density at radius 3 is 2.74 bits per heavy atom. The van der Waals surface area contributed by atoms with E-state index in [1.165, 1.54) is 5.56 Å². The van der Waals surface area contributed by atoms with Crippen molar-refractivity contribution >= 4 is 5.97 Å². The van der Waals surface area contributed by atoms with Crippen LogP contribution in [0.25, 0.3) is 0 Å². The number of benzene rings is 2. The molecule has 0 saturated heterocycles. The lowest BCUT2D eigenvalue weighted by atomic mass is 9.80. The topological polar surface area (TPSA) is 53.4 Å². The summed E-state index contributed by atoms with van der Waals surface area (Å²) in [4.78, 5) is 17.2. The number of carbonyl (C=O) groups excluding carboxylic acids is 1. The zero-order valence-electron chi connectivity index (χ0n) is 15.5. The number of esters is 1. The van der Waals surface area contributed by atoms with Gasteiger partial charge in [-0.3, -0.25) is 4.79 Å². The fourth-order valence-corrected chi connectivity index (χ4v) is 3.71. The van der Waals surface area contributed by atoms with Crippen molar-refractivity contribution in [2.45, 2.75) is 25.8 Å². The van der Waals surface area contributed by atoms with Crippen LogP contribution in [-0.4, -0.2) is 22.6 Å². The first-order chi connectivity index (χ1) is 13.2. The third-order valence-electron chi connectivity index (χ3n) is 5.09. The first-order valence-corrected chi connectivity index (χ1v) is 9.14. The van der Waals surface area contributed by atoms with E-state index in [-0.39, 0.29) is 17.8 Å². The summed E-state index contributed by atoms with van der Waals surface area (Å²) < 4.78 is 12.9. The molecule has 0 spiro atoms. The van der Waals surface area contributed by atoms with Crippen LogP contribution in [-0.2, 0) is 11.3 Å². The van der Waals surface area contributed by atoms with Crippen molar-refractivity contribution in [1.29, 1.82) is 0 Å². The van der Waals surface area contributed by atoms with Crippen LogP contribution in [0.4, 0.5) is 0 Å². The van der Waals surface area contributed by atoms with Gasteiger partial charge in [0.05, 0.1) is 25.0 Å². The van der Waals surface area contributed by atoms with Gasteiger partial charge in [0.1, 0.15) is 11.5 Å². The Morgan fingerprint density at radius 1 is 1.19 bits per heavy atom. The van der Waals surface area contributed by atoms with Crippen molar-refractivity contribution in [2.75, 3.05) is 7.11 Å². The van der Waals surface area contributed by atoms with Crippen LogP contribution in [0, 0.1) is 5.92 Å². The van der Waals surface area contributed by atoms with Crippen molar-refractivity contribution in [1.82, 2.24) is 9.55 Å². The highest BCUT2D eigenvalue weighted by Crippen LogP contribution is 2.44. The van der Waals surface area contributed by atoms with Gasteiger partial charge in [0.2, 0.25) is 0 Å². The van der Waals surface area contributed by atoms with Crippen LogP contribution < -0.4 is 9.47 Å². The van der Waals surface area contributed by atoms with Gasteiger partial charge in [-0.1, -0.05) is 43.3 Å². The lowest BCUT2D eigenvalue weighted by Crippen LogP contribution is -2.32. The first kappa shape index (κ1) is 17.3. The molecule has 3 aromatic rings. The van der Waals surface area contributed by atoms with E-state index in [0.29, 0.717) is 17.9 Å². The van der Waals surface area contributed by atoms with E-state index in [4.69, 9.17) is 9.47 Å². The average molecular weight is 362 g/mol. The highest BCUT2D eigenvalue weighted by molar-refractivity contribution is 5.80. The number of hydrogen-bond acceptors (Lipinski definition) is 4. The first-order valence-electron chi connectivity index (χ1n) is 9.14. The predicted octanol–water partition coefficient (Wildman–Crippen LogP) is 4.02. The molecular formula is C22H22N2O3. The van der Waals surface area contributed by atoms with Crippen LogP contribution in [0.3, 0.4) is 0 Å². The monoisotopic (exact) mass is 362 g/mol. The fraction of sp³-hybridized carbons (Fsp3) is 0.273. The number of imidazole rings is 1. The van der Waals surface area contributed by atoms with Gasteiger partial charge >= 0.3 is 5.97 Å². The molecule has 2 aromatic carbocycles. The van der Waals surface area contributed by atoms with E-state index in [1.54, 1.807) is 13.2 Å². The van der Waals surface area contributed by atoms with E-state index < -0.39 is 0 Å². The Hall–Kier alpha value is -3.08. The van der Waals surface area contributed by atoms with Crippen molar-refractivity contribution in [3.63, 3.8) is 0 Å². The highest BCUT2D eigenvalue weighted by atomic mass is 16.5. The van der Waals surface area contributed by atoms with E-state index >= 15 is 0 Å². The number of rotatable bonds is 5. The molecule has 5 nitrogen and oxygen atoms in total. The van der Waals surface area contributed by atoms with Gasteiger partial charge in [-0.25, -0.2) is 4.98 Å². The molecule has 0 aliphatic carbocycles. The van der Waals surface area contributed by atoms with Gasteiger partial charge in [-0.15, -0.1) is 0 Å². The zero-order chi connectivity index (χ0) is 18.8. The minimum atomic E-state index is -0.244. The molecule has 2 heterocycles. The summed E-state index contributed by atoms with van der Waals surface area (Å²) >= 11 is 0. The van der Waals surface area contributed by atoms with Crippen LogP contribution in [0.1, 0.15) is 36.1 Å². The summed E-state index contributed by atoms with van der Waals surface area (Å²) in [5, 5.41) is 0. The zero-order valence-corrected chi connectivity index (χ0v) is 15.5. The summed E-state index contributed by atoms with van der Waals surface area (Å²) in [5.41, 5.74) is 3.08. The van der Waals surface area contributed by atoms with Crippen molar-refractivity contribution in [3.8, 4) is 11.5 Å². The number of fused-ring (bicyclic) bond motifs is 1. The predicted molar refractivity (Wildman–Crippen MR) is 102 cm³/mol. The normalized spacial score (nSPS) is 18.7. The molecule has 0 bridgehead atoms. The Labute approximate surface area is 158 Å². The smallest absolute Gasteiger partial charge is 0.315 e. The summed E-state index contributed by atoms with van der Waals surface area (Å²) in [6.07, 6.45) is 4.56. The molecule has 138 valence electrons. The van der Waals surface area contributed by atoms with Crippen LogP contribution in [0.2, 0.25) is 0 Å². The van der Waals surface area contributed by atoms with Crippen molar-refractivity contribution in [3.05, 3.63) is 77.9 Å². The third-order valence-corrected chi connectivity index (χ3v) is 5.09. The number of nitrogens with zero attached hydrogens (tertiary/aromatic N) is 2. The molecule has 1 aromatic heterocycles. The molecule has 2 atom stereocenters. The van der Waals surface area contributed by atoms with Crippen LogP contribution >= 0.6 is 0 Å². The SMILES string of the molecule is CCC1C(=O)Oc2cc(OC)ccc2C1c1cn(Cc2ccccc2)cn1. The fourth-order valence-electron chi connectivity index (χ4n) is 3.71. The number of carbonyl (C=O) groups is 1. The molecule has 1 aliphatic heterocycles. The number of methoxy groups -OCH3 is 1. The van der Waals surface area contributed by atoms with Crippen LogP contribution in [0.15, 0.2) is 61.1 Å². The van der Waals surface area contributed by atoms with Gasteiger partial charge in [0.25, 0.3) is 0 Å². The van der Waals surface area contributed by atoms with Gasteiger partial charge < -0.3 is 14.0 Å². The maximum absolute atomic E-state index is 12.6. The standard InChI is InChI=1S/C22H22N2O3/c1-3-17-21(18-10-9-16(26-2)11-20(18)27-22(17)25)19-13-24(14-23-19)12-15-7-5-4-6-8-15/h4-11,13-14,17,21H,3,12H2,1-2H3. The summed E-state index contributed by atoms with van der Waals surface area (Å²) in [7, 11) is 1.60. The highest BCUT2D eigenvalue weighted by Gasteiger charge is 2.39. The van der Waals surface area contributed by atoms with Gasteiger partial charge in [0, 0.05) is 30.3 Å². The maximum atomic E-state index is 12.6. The van der Waals surface area contributed by atoms with E-state index in [0.717, 1.165) is 17.8 Å². The second-order valence-corrected chi connectivity index (χ2v) is 6.77. The second-order valence-electron chi connectivity index (χ2n) is 6.77. The van der Waals surface area contributed by atoms with E-state index in [9.17, 15) is 4.79 Å². The largest absolute Gasteiger partial charge is 0.497 e. The van der Waals surface area contributed by atoms with E-state index in [1.807, 2.05) is 49.8 Å².